The van der Waals surface area contributed by atoms with Crippen LogP contribution in [-0.2, 0) is 11.3 Å². The van der Waals surface area contributed by atoms with Gasteiger partial charge in [0, 0.05) is 43.1 Å². The molecule has 1 fully saturated rings. The van der Waals surface area contributed by atoms with Crippen LogP contribution < -0.4 is 9.64 Å². The first kappa shape index (κ1) is 25.6. The van der Waals surface area contributed by atoms with E-state index in [4.69, 9.17) is 26.2 Å². The number of para-hydroxylation sites is 1. The van der Waals surface area contributed by atoms with Crippen molar-refractivity contribution in [3.63, 3.8) is 0 Å². The second-order valence-corrected chi connectivity index (χ2v) is 10.1. The van der Waals surface area contributed by atoms with Gasteiger partial charge in [0.2, 0.25) is 5.88 Å². The van der Waals surface area contributed by atoms with Gasteiger partial charge in [0.15, 0.2) is 0 Å². The smallest absolute Gasteiger partial charge is 0.240 e. The minimum Gasteiger partial charge on any atom is -0.476 e. The van der Waals surface area contributed by atoms with E-state index < -0.39 is 0 Å². The molecule has 0 spiro atoms. The Morgan fingerprint density at radius 1 is 1.03 bits per heavy atom. The summed E-state index contributed by atoms with van der Waals surface area (Å²) < 4.78 is 13.7. The quantitative estimate of drug-likeness (QED) is 0.215. The molecule has 0 radical (unpaired) electrons. The molecule has 0 aliphatic carbocycles. The molecule has 7 heteroatoms. The second kappa shape index (κ2) is 12.0. The summed E-state index contributed by atoms with van der Waals surface area (Å²) in [7, 11) is 3.87. The third-order valence-electron chi connectivity index (χ3n) is 7.16. The van der Waals surface area contributed by atoms with E-state index in [2.05, 4.69) is 59.3 Å². The number of ether oxygens (including phenoxy) is 2. The van der Waals surface area contributed by atoms with Crippen molar-refractivity contribution < 1.29 is 9.47 Å². The third-order valence-corrected chi connectivity index (χ3v) is 7.42. The van der Waals surface area contributed by atoms with Gasteiger partial charge in [-0.2, -0.15) is 0 Å². The summed E-state index contributed by atoms with van der Waals surface area (Å²) in [4.78, 5) is 4.71. The predicted molar refractivity (Wildman–Crippen MR) is 151 cm³/mol. The van der Waals surface area contributed by atoms with Gasteiger partial charge in [-0.3, -0.25) is 9.58 Å². The van der Waals surface area contributed by atoms with Crippen molar-refractivity contribution in [2.75, 3.05) is 45.4 Å². The van der Waals surface area contributed by atoms with E-state index in [1.807, 2.05) is 35.0 Å². The van der Waals surface area contributed by atoms with Crippen LogP contribution in [0.15, 0.2) is 72.8 Å². The van der Waals surface area contributed by atoms with Crippen LogP contribution in [0.3, 0.4) is 0 Å². The fourth-order valence-electron chi connectivity index (χ4n) is 5.14. The molecule has 1 aliphatic heterocycles. The van der Waals surface area contributed by atoms with E-state index >= 15 is 0 Å². The van der Waals surface area contributed by atoms with Crippen molar-refractivity contribution in [3.8, 4) is 5.88 Å². The number of methoxy groups -OCH3 is 1. The van der Waals surface area contributed by atoms with Gasteiger partial charge >= 0.3 is 0 Å². The Kier molecular flexibility index (Phi) is 8.29. The average Bonchev–Trinajstić information content (AvgIpc) is 3.52. The summed E-state index contributed by atoms with van der Waals surface area (Å²) >= 11 is 6.10. The van der Waals surface area contributed by atoms with E-state index in [1.165, 1.54) is 12.8 Å². The Morgan fingerprint density at radius 3 is 2.62 bits per heavy atom. The minimum atomic E-state index is 0.528. The van der Waals surface area contributed by atoms with Crippen LogP contribution in [0.2, 0.25) is 5.02 Å². The first-order valence-electron chi connectivity index (χ1n) is 13.0. The van der Waals surface area contributed by atoms with E-state index in [9.17, 15) is 0 Å². The maximum absolute atomic E-state index is 6.32. The molecular formula is C30H35ClN4O2. The topological polar surface area (TPSA) is 42.8 Å². The maximum Gasteiger partial charge on any atom is 0.240 e. The van der Waals surface area contributed by atoms with Gasteiger partial charge in [0.1, 0.15) is 0 Å². The number of likely N-dealkylation sites (tertiary alicyclic amines) is 1. The van der Waals surface area contributed by atoms with Crippen LogP contribution in [0.1, 0.15) is 24.8 Å². The van der Waals surface area contributed by atoms with Gasteiger partial charge in [0.25, 0.3) is 0 Å². The Bertz CT molecular complexity index is 1290. The molecule has 0 amide bonds. The molecule has 194 valence electrons. The molecule has 1 atom stereocenters. The molecule has 1 aromatic heterocycles. The number of hydrogen-bond acceptors (Lipinski definition) is 5. The molecule has 0 bridgehead atoms. The van der Waals surface area contributed by atoms with Crippen molar-refractivity contribution in [2.45, 2.75) is 31.8 Å². The standard InChI is InChI=1S/C30H35ClN4O2/c1-33(25-8-4-3-5-9-25)26-15-16-29-28(20-26)30(32-35(29)21-23-11-13-24(31)14-12-23)37-19-7-18-34-17-6-10-27(34)22-36-2/h3-5,8-9,11-16,20,27H,6-7,10,17-19,21-22H2,1-2H3. The zero-order valence-electron chi connectivity index (χ0n) is 21.6. The molecule has 1 aliphatic rings. The fraction of sp³-hybridized carbons (Fsp3) is 0.367. The van der Waals surface area contributed by atoms with Crippen molar-refractivity contribution in [1.29, 1.82) is 0 Å². The lowest BCUT2D eigenvalue weighted by molar-refractivity contribution is 0.111. The van der Waals surface area contributed by atoms with Crippen LogP contribution in [0, 0.1) is 0 Å². The van der Waals surface area contributed by atoms with Gasteiger partial charge in [-0.1, -0.05) is 41.9 Å². The highest BCUT2D eigenvalue weighted by Crippen LogP contribution is 2.32. The summed E-state index contributed by atoms with van der Waals surface area (Å²) in [6, 6.07) is 25.3. The van der Waals surface area contributed by atoms with Gasteiger partial charge < -0.3 is 14.4 Å². The highest BCUT2D eigenvalue weighted by molar-refractivity contribution is 6.30. The predicted octanol–water partition coefficient (Wildman–Crippen LogP) is 6.39. The van der Waals surface area contributed by atoms with Crippen molar-refractivity contribution in [2.24, 2.45) is 0 Å². The second-order valence-electron chi connectivity index (χ2n) is 9.67. The molecule has 2 heterocycles. The largest absolute Gasteiger partial charge is 0.476 e. The molecule has 5 rings (SSSR count). The first-order chi connectivity index (χ1) is 18.1. The van der Waals surface area contributed by atoms with Crippen LogP contribution in [0.4, 0.5) is 11.4 Å². The molecular weight excluding hydrogens is 484 g/mol. The lowest BCUT2D eigenvalue weighted by atomic mass is 10.2. The van der Waals surface area contributed by atoms with Crippen LogP contribution in [0.5, 0.6) is 5.88 Å². The van der Waals surface area contributed by atoms with E-state index in [0.717, 1.165) is 59.0 Å². The van der Waals surface area contributed by atoms with Gasteiger partial charge in [-0.05, 0) is 73.8 Å². The highest BCUT2D eigenvalue weighted by Gasteiger charge is 2.23. The Hall–Kier alpha value is -3.06. The Labute approximate surface area is 224 Å². The van der Waals surface area contributed by atoms with Crippen molar-refractivity contribution in [1.82, 2.24) is 14.7 Å². The number of halogens is 1. The lowest BCUT2D eigenvalue weighted by Gasteiger charge is -2.23. The molecule has 1 unspecified atom stereocenters. The highest BCUT2D eigenvalue weighted by atomic mass is 35.5. The molecule has 6 nitrogen and oxygen atoms in total. The van der Waals surface area contributed by atoms with E-state index in [1.54, 1.807) is 7.11 Å². The third kappa shape index (κ3) is 6.09. The fourth-order valence-corrected chi connectivity index (χ4v) is 5.27. The molecule has 0 saturated carbocycles. The Morgan fingerprint density at radius 2 is 1.84 bits per heavy atom. The van der Waals surface area contributed by atoms with Gasteiger partial charge in [-0.15, -0.1) is 5.10 Å². The number of aromatic nitrogens is 2. The minimum absolute atomic E-state index is 0.528. The number of fused-ring (bicyclic) bond motifs is 1. The van der Waals surface area contributed by atoms with Crippen LogP contribution >= 0.6 is 11.6 Å². The number of nitrogens with zero attached hydrogens (tertiary/aromatic N) is 4. The monoisotopic (exact) mass is 518 g/mol. The lowest BCUT2D eigenvalue weighted by Crippen LogP contribution is -2.34. The maximum atomic E-state index is 6.32. The molecule has 0 N–H and O–H groups in total. The van der Waals surface area contributed by atoms with Crippen LogP contribution in [-0.4, -0.2) is 61.2 Å². The summed E-state index contributed by atoms with van der Waals surface area (Å²) in [6.45, 7) is 4.24. The molecule has 3 aromatic carbocycles. The van der Waals surface area contributed by atoms with Crippen LogP contribution in [0.25, 0.3) is 10.9 Å². The zero-order valence-corrected chi connectivity index (χ0v) is 22.4. The van der Waals surface area contributed by atoms with Crippen molar-refractivity contribution >= 4 is 33.9 Å². The normalized spacial score (nSPS) is 15.9. The first-order valence-corrected chi connectivity index (χ1v) is 13.4. The summed E-state index contributed by atoms with van der Waals surface area (Å²) in [5.41, 5.74) is 4.42. The zero-order chi connectivity index (χ0) is 25.6. The molecule has 1 saturated heterocycles. The van der Waals surface area contributed by atoms with E-state index in [0.29, 0.717) is 25.1 Å². The molecule has 4 aromatic rings. The van der Waals surface area contributed by atoms with Gasteiger partial charge in [0.05, 0.1) is 30.7 Å². The number of anilines is 2. The SMILES string of the molecule is COCC1CCCN1CCCOc1nn(Cc2ccc(Cl)cc2)c2ccc(N(C)c3ccccc3)cc12. The summed E-state index contributed by atoms with van der Waals surface area (Å²) in [5.74, 6) is 0.683. The average molecular weight is 519 g/mol. The number of rotatable bonds is 11. The molecule has 37 heavy (non-hydrogen) atoms. The van der Waals surface area contributed by atoms with Gasteiger partial charge in [-0.25, -0.2) is 0 Å². The number of hydrogen-bond donors (Lipinski definition) is 0. The Balaban J connectivity index is 1.36. The van der Waals surface area contributed by atoms with E-state index in [-0.39, 0.29) is 0 Å². The number of benzene rings is 3. The van der Waals surface area contributed by atoms with Crippen molar-refractivity contribution in [3.05, 3.63) is 83.4 Å². The summed E-state index contributed by atoms with van der Waals surface area (Å²) in [6.07, 6.45) is 3.41. The summed E-state index contributed by atoms with van der Waals surface area (Å²) in [5, 5.41) is 6.66.